The molecule has 48 heavy (non-hydrogen) atoms. The quantitative estimate of drug-likeness (QED) is 0.167. The Labute approximate surface area is 277 Å². The molecule has 2 fully saturated rings. The maximum Gasteiger partial charge on any atom is 0.433 e. The number of fused-ring (bicyclic) bond motifs is 3. The largest absolute Gasteiger partial charge is 0.463 e. The highest BCUT2D eigenvalue weighted by Gasteiger charge is 2.44. The molecule has 2 atom stereocenters. The minimum absolute atomic E-state index is 0.203. The molecule has 3 amide bonds. The fourth-order valence-corrected chi connectivity index (χ4v) is 8.15. The molecular formula is C35H30F3N5O4S. The monoisotopic (exact) mass is 673 g/mol. The van der Waals surface area contributed by atoms with Crippen molar-refractivity contribution in [2.45, 2.75) is 50.6 Å². The zero-order valence-corrected chi connectivity index (χ0v) is 26.4. The molecule has 0 saturated carbocycles. The molecule has 0 radical (unpaired) electrons. The van der Waals surface area contributed by atoms with Crippen LogP contribution < -0.4 is 5.73 Å². The van der Waals surface area contributed by atoms with E-state index in [-0.39, 0.29) is 35.1 Å². The molecule has 0 aliphatic carbocycles. The average molecular weight is 674 g/mol. The summed E-state index contributed by atoms with van der Waals surface area (Å²) in [5.74, 6) is -3.20. The van der Waals surface area contributed by atoms with Gasteiger partial charge in [0, 0.05) is 29.1 Å². The number of hydrogen-bond acceptors (Lipinski definition) is 5. The summed E-state index contributed by atoms with van der Waals surface area (Å²) in [6, 6.07) is 12.3. The van der Waals surface area contributed by atoms with Crippen LogP contribution in [0.1, 0.15) is 85.9 Å². The van der Waals surface area contributed by atoms with E-state index in [1.807, 2.05) is 0 Å². The first-order valence-corrected chi connectivity index (χ1v) is 16.5. The predicted molar refractivity (Wildman–Crippen MR) is 172 cm³/mol. The Bertz CT molecular complexity index is 2000. The second kappa shape index (κ2) is 12.5. The third kappa shape index (κ3) is 5.61. The van der Waals surface area contributed by atoms with Crippen LogP contribution in [-0.2, 0) is 12.8 Å². The Kier molecular flexibility index (Phi) is 8.24. The molecule has 0 spiro atoms. The van der Waals surface area contributed by atoms with Gasteiger partial charge in [-0.05, 0) is 86.1 Å². The van der Waals surface area contributed by atoms with Crippen molar-refractivity contribution in [2.75, 3.05) is 13.1 Å². The number of hydrogen-bond donors (Lipinski definition) is 2. The second-order valence-electron chi connectivity index (χ2n) is 12.1. The lowest BCUT2D eigenvalue weighted by Gasteiger charge is -2.24. The van der Waals surface area contributed by atoms with Crippen molar-refractivity contribution in [3.63, 3.8) is 0 Å². The summed E-state index contributed by atoms with van der Waals surface area (Å²) in [6.07, 6.45) is 2.00. The number of amides is 3. The standard InChI is InChI=1S/C35H30F3N5O4S/c36-20-9-5-18(6-10-20)7-12-23-28(32(39)41-35(46)47)29(30-31(40-23)25-4-2-16-43(25)34(30)45)26-13-14-27(48-26)33(44)42-15-1-3-24(42)19-8-11-21(37)22(38)17-19/h5-6,8-11,13-14,17,24-25H,1-4,7,12,15-16H2,(H2,39,41)(H,46,47)/t24?,25-/m0/s1. The lowest BCUT2D eigenvalue weighted by molar-refractivity contribution is 0.0738. The molecule has 2 aromatic heterocycles. The van der Waals surface area contributed by atoms with Gasteiger partial charge in [0.15, 0.2) is 11.6 Å². The number of aliphatic imine (C=N–C) groups is 1. The number of thiophene rings is 1. The van der Waals surface area contributed by atoms with E-state index in [1.165, 1.54) is 18.2 Å². The summed E-state index contributed by atoms with van der Waals surface area (Å²) in [6.45, 7) is 0.971. The maximum atomic E-state index is 14.1. The number of nitrogens with two attached hydrogens (primary N) is 1. The van der Waals surface area contributed by atoms with Gasteiger partial charge >= 0.3 is 6.09 Å². The normalized spacial score (nSPS) is 18.8. The Morgan fingerprint density at radius 2 is 1.69 bits per heavy atom. The van der Waals surface area contributed by atoms with E-state index in [2.05, 4.69) is 4.99 Å². The number of halogens is 3. The molecule has 2 aromatic carbocycles. The van der Waals surface area contributed by atoms with Crippen molar-refractivity contribution in [3.8, 4) is 10.4 Å². The van der Waals surface area contributed by atoms with Crippen LogP contribution in [0.2, 0.25) is 0 Å². The van der Waals surface area contributed by atoms with Crippen molar-refractivity contribution < 1.29 is 32.7 Å². The average Bonchev–Trinajstić information content (AvgIpc) is 3.88. The van der Waals surface area contributed by atoms with Crippen molar-refractivity contribution in [1.82, 2.24) is 14.8 Å². The molecule has 5 heterocycles. The summed E-state index contributed by atoms with van der Waals surface area (Å²) >= 11 is 1.13. The summed E-state index contributed by atoms with van der Waals surface area (Å²) in [5, 5.41) is 9.57. The minimum Gasteiger partial charge on any atom is -0.463 e. The number of benzene rings is 2. The van der Waals surface area contributed by atoms with E-state index in [1.54, 1.807) is 34.1 Å². The SMILES string of the molecule is N/C(=N\C(=O)O)c1c(CCc2ccc(F)cc2)nc2c(c1-c1ccc(C(=O)N3CCCC3c3ccc(F)c(F)c3)s1)C(=O)N1CCC[C@@H]21. The van der Waals surface area contributed by atoms with Gasteiger partial charge in [0.05, 0.1) is 33.9 Å². The van der Waals surface area contributed by atoms with Crippen LogP contribution in [-0.4, -0.2) is 56.7 Å². The molecule has 0 bridgehead atoms. The van der Waals surface area contributed by atoms with E-state index in [4.69, 9.17) is 10.7 Å². The van der Waals surface area contributed by atoms with Crippen LogP contribution in [0.3, 0.4) is 0 Å². The molecule has 7 rings (SSSR count). The van der Waals surface area contributed by atoms with Gasteiger partial charge in [-0.3, -0.25) is 14.6 Å². The van der Waals surface area contributed by atoms with Gasteiger partial charge in [-0.1, -0.05) is 18.2 Å². The van der Waals surface area contributed by atoms with Gasteiger partial charge in [-0.2, -0.15) is 4.99 Å². The number of aryl methyl sites for hydroxylation is 2. The van der Waals surface area contributed by atoms with Gasteiger partial charge in [0.2, 0.25) is 0 Å². The highest BCUT2D eigenvalue weighted by Crippen LogP contribution is 2.47. The number of aromatic nitrogens is 1. The fourth-order valence-electron chi connectivity index (χ4n) is 7.13. The van der Waals surface area contributed by atoms with Crippen molar-refractivity contribution >= 4 is 35.1 Å². The lowest BCUT2D eigenvalue weighted by Crippen LogP contribution is -2.30. The number of amidine groups is 1. The van der Waals surface area contributed by atoms with E-state index >= 15 is 0 Å². The van der Waals surface area contributed by atoms with Crippen LogP contribution >= 0.6 is 11.3 Å². The molecule has 3 aliphatic heterocycles. The highest BCUT2D eigenvalue weighted by atomic mass is 32.1. The third-order valence-corrected chi connectivity index (χ3v) is 10.4. The molecule has 1 unspecified atom stereocenters. The Hall–Kier alpha value is -5.04. The topological polar surface area (TPSA) is 129 Å². The Balaban J connectivity index is 1.33. The Morgan fingerprint density at radius 3 is 2.44 bits per heavy atom. The number of pyridine rings is 1. The van der Waals surface area contributed by atoms with Crippen molar-refractivity contribution in [2.24, 2.45) is 10.7 Å². The van der Waals surface area contributed by atoms with Crippen molar-refractivity contribution in [3.05, 3.63) is 111 Å². The molecule has 2 saturated heterocycles. The second-order valence-corrected chi connectivity index (χ2v) is 13.2. The molecule has 13 heteroatoms. The third-order valence-electron chi connectivity index (χ3n) is 9.28. The van der Waals surface area contributed by atoms with Crippen LogP contribution in [0.15, 0.2) is 59.6 Å². The van der Waals surface area contributed by atoms with E-state index < -0.39 is 23.8 Å². The maximum absolute atomic E-state index is 14.1. The van der Waals surface area contributed by atoms with Gasteiger partial charge in [-0.15, -0.1) is 11.3 Å². The fraction of sp³-hybridized carbons (Fsp3) is 0.286. The van der Waals surface area contributed by atoms with Gasteiger partial charge in [-0.25, -0.2) is 18.0 Å². The van der Waals surface area contributed by atoms with E-state index in [9.17, 15) is 32.7 Å². The number of nitrogens with zero attached hydrogens (tertiary/aromatic N) is 4. The minimum atomic E-state index is -1.52. The number of rotatable bonds is 7. The zero-order valence-electron chi connectivity index (χ0n) is 25.6. The summed E-state index contributed by atoms with van der Waals surface area (Å²) in [5.41, 5.74) is 9.61. The van der Waals surface area contributed by atoms with Crippen molar-refractivity contribution in [1.29, 1.82) is 0 Å². The van der Waals surface area contributed by atoms with Gasteiger partial charge < -0.3 is 20.6 Å². The molecular weight excluding hydrogens is 643 g/mol. The van der Waals surface area contributed by atoms with Crippen LogP contribution in [0.25, 0.3) is 10.4 Å². The number of carbonyl (C=O) groups excluding carboxylic acids is 2. The van der Waals surface area contributed by atoms with Crippen LogP contribution in [0.5, 0.6) is 0 Å². The van der Waals surface area contributed by atoms with Gasteiger partial charge in [0.1, 0.15) is 11.7 Å². The van der Waals surface area contributed by atoms with E-state index in [0.717, 1.165) is 41.9 Å². The molecule has 3 aliphatic rings. The first-order valence-electron chi connectivity index (χ1n) is 15.7. The number of carboxylic acid groups (broad SMARTS) is 1. The lowest BCUT2D eigenvalue weighted by atomic mass is 9.92. The predicted octanol–water partition coefficient (Wildman–Crippen LogP) is 6.66. The van der Waals surface area contributed by atoms with E-state index in [0.29, 0.717) is 76.6 Å². The summed E-state index contributed by atoms with van der Waals surface area (Å²) in [4.78, 5) is 52.4. The first kappa shape index (κ1) is 31.6. The zero-order chi connectivity index (χ0) is 33.7. The number of likely N-dealkylation sites (tertiary alicyclic amines) is 1. The highest BCUT2D eigenvalue weighted by molar-refractivity contribution is 7.17. The summed E-state index contributed by atoms with van der Waals surface area (Å²) in [7, 11) is 0. The molecule has 3 N–H and O–H groups in total. The smallest absolute Gasteiger partial charge is 0.433 e. The first-order chi connectivity index (χ1) is 23.1. The van der Waals surface area contributed by atoms with Gasteiger partial charge in [0.25, 0.3) is 11.8 Å². The van der Waals surface area contributed by atoms with Crippen LogP contribution in [0.4, 0.5) is 18.0 Å². The Morgan fingerprint density at radius 1 is 0.938 bits per heavy atom. The summed E-state index contributed by atoms with van der Waals surface area (Å²) < 4.78 is 41.4. The molecule has 4 aromatic rings. The van der Waals surface area contributed by atoms with Crippen LogP contribution in [0, 0.1) is 17.5 Å². The molecule has 9 nitrogen and oxygen atoms in total. The molecule has 246 valence electrons. The number of carbonyl (C=O) groups is 3.